The zero-order valence-corrected chi connectivity index (χ0v) is 9.98. The van der Waals surface area contributed by atoms with Crippen LogP contribution in [0.15, 0.2) is 24.3 Å². The molecule has 2 atom stereocenters. The van der Waals surface area contributed by atoms with Gasteiger partial charge in [0.2, 0.25) is 0 Å². The summed E-state index contributed by atoms with van der Waals surface area (Å²) in [4.78, 5) is 0. The number of benzene rings is 1. The van der Waals surface area contributed by atoms with E-state index in [4.69, 9.17) is 5.11 Å². The largest absolute Gasteiger partial charge is 0.508 e. The first kappa shape index (κ1) is 13.0. The molecule has 3 nitrogen and oxygen atoms in total. The molecule has 0 saturated carbocycles. The van der Waals surface area contributed by atoms with Crippen LogP contribution in [0.2, 0.25) is 0 Å². The molecule has 3 heteroatoms. The summed E-state index contributed by atoms with van der Waals surface area (Å²) >= 11 is 0. The van der Waals surface area contributed by atoms with E-state index in [1.807, 2.05) is 25.1 Å². The smallest absolute Gasteiger partial charge is 0.120 e. The molecule has 0 fully saturated rings. The van der Waals surface area contributed by atoms with Crippen LogP contribution in [-0.2, 0) is 0 Å². The van der Waals surface area contributed by atoms with Crippen molar-refractivity contribution in [1.82, 2.24) is 5.32 Å². The number of nitrogens with one attached hydrogen (secondary N) is 1. The van der Waals surface area contributed by atoms with E-state index in [1.165, 1.54) is 0 Å². The summed E-state index contributed by atoms with van der Waals surface area (Å²) in [6.07, 6.45) is 1.76. The molecule has 0 aliphatic heterocycles. The molecular formula is C13H21NO2. The number of phenolic OH excluding ortho intramolecular Hbond substituents is 1. The van der Waals surface area contributed by atoms with Crippen LogP contribution in [0.1, 0.15) is 38.3 Å². The lowest BCUT2D eigenvalue weighted by Crippen LogP contribution is -2.34. The zero-order valence-electron chi connectivity index (χ0n) is 9.98. The predicted molar refractivity (Wildman–Crippen MR) is 65.4 cm³/mol. The fraction of sp³-hybridized carbons (Fsp3) is 0.538. The first-order valence-corrected chi connectivity index (χ1v) is 5.87. The second-order valence-electron chi connectivity index (χ2n) is 3.97. The van der Waals surface area contributed by atoms with Gasteiger partial charge in [0.25, 0.3) is 0 Å². The van der Waals surface area contributed by atoms with Gasteiger partial charge in [0, 0.05) is 17.6 Å². The van der Waals surface area contributed by atoms with Gasteiger partial charge in [0.05, 0.1) is 6.61 Å². The monoisotopic (exact) mass is 223 g/mol. The maximum absolute atomic E-state index is 9.77. The van der Waals surface area contributed by atoms with E-state index >= 15 is 0 Å². The second-order valence-corrected chi connectivity index (χ2v) is 3.97. The lowest BCUT2D eigenvalue weighted by molar-refractivity contribution is 0.225. The molecule has 1 rings (SSSR count). The SMILES string of the molecule is CCC(N[C@@H](CC)CO)c1ccccc1O. The molecule has 3 N–H and O–H groups in total. The molecule has 0 bridgehead atoms. The van der Waals surface area contributed by atoms with Crippen molar-refractivity contribution in [1.29, 1.82) is 0 Å². The standard InChI is InChI=1S/C13H21NO2/c1-3-10(9-15)14-12(4-2)11-7-5-6-8-13(11)16/h5-8,10,12,14-16H,3-4,9H2,1-2H3/t10-,12?/m0/s1. The van der Waals surface area contributed by atoms with Crippen LogP contribution < -0.4 is 5.32 Å². The van der Waals surface area contributed by atoms with Crippen molar-refractivity contribution in [3.8, 4) is 5.75 Å². The maximum Gasteiger partial charge on any atom is 0.120 e. The van der Waals surface area contributed by atoms with Crippen molar-refractivity contribution < 1.29 is 10.2 Å². The third-order valence-electron chi connectivity index (χ3n) is 2.87. The number of aromatic hydroxyl groups is 1. The number of rotatable bonds is 6. The van der Waals surface area contributed by atoms with Crippen molar-refractivity contribution in [3.05, 3.63) is 29.8 Å². The third kappa shape index (κ3) is 3.22. The molecule has 1 unspecified atom stereocenters. The van der Waals surface area contributed by atoms with E-state index in [0.717, 1.165) is 18.4 Å². The van der Waals surface area contributed by atoms with Crippen molar-refractivity contribution in [2.45, 2.75) is 38.8 Å². The highest BCUT2D eigenvalue weighted by Gasteiger charge is 2.16. The normalized spacial score (nSPS) is 14.7. The van der Waals surface area contributed by atoms with E-state index in [0.29, 0.717) is 5.75 Å². The molecule has 0 aliphatic rings. The molecule has 16 heavy (non-hydrogen) atoms. The number of para-hydroxylation sites is 1. The Morgan fingerprint density at radius 1 is 1.19 bits per heavy atom. The van der Waals surface area contributed by atoms with Crippen LogP contribution in [0.25, 0.3) is 0 Å². The minimum Gasteiger partial charge on any atom is -0.508 e. The number of hydrogen-bond donors (Lipinski definition) is 3. The van der Waals surface area contributed by atoms with E-state index in [9.17, 15) is 5.11 Å². The summed E-state index contributed by atoms with van der Waals surface area (Å²) in [5, 5.41) is 22.3. The highest BCUT2D eigenvalue weighted by molar-refractivity contribution is 5.34. The Hall–Kier alpha value is -1.06. The minimum atomic E-state index is 0.0876. The van der Waals surface area contributed by atoms with Crippen LogP contribution >= 0.6 is 0 Å². The first-order chi connectivity index (χ1) is 7.72. The van der Waals surface area contributed by atoms with Crippen molar-refractivity contribution in [3.63, 3.8) is 0 Å². The van der Waals surface area contributed by atoms with Gasteiger partial charge in [-0.05, 0) is 18.9 Å². The predicted octanol–water partition coefficient (Wildman–Crippen LogP) is 2.20. The molecule has 1 aromatic rings. The zero-order chi connectivity index (χ0) is 12.0. The molecule has 0 aliphatic carbocycles. The molecule has 0 aromatic heterocycles. The lowest BCUT2D eigenvalue weighted by atomic mass is 10.0. The summed E-state index contributed by atoms with van der Waals surface area (Å²) in [5.74, 6) is 0.314. The fourth-order valence-electron chi connectivity index (χ4n) is 1.79. The van der Waals surface area contributed by atoms with Gasteiger partial charge in [-0.3, -0.25) is 0 Å². The van der Waals surface area contributed by atoms with Crippen LogP contribution in [-0.4, -0.2) is 22.9 Å². The quantitative estimate of drug-likeness (QED) is 0.693. The summed E-state index contributed by atoms with van der Waals surface area (Å²) in [6, 6.07) is 7.52. The van der Waals surface area contributed by atoms with Crippen LogP contribution in [0.4, 0.5) is 0 Å². The average Bonchev–Trinajstić information content (AvgIpc) is 2.32. The van der Waals surface area contributed by atoms with Gasteiger partial charge in [-0.15, -0.1) is 0 Å². The molecular weight excluding hydrogens is 202 g/mol. The number of aliphatic hydroxyl groups excluding tert-OH is 1. The summed E-state index contributed by atoms with van der Waals surface area (Å²) in [5.41, 5.74) is 0.900. The minimum absolute atomic E-state index is 0.0876. The number of hydrogen-bond acceptors (Lipinski definition) is 3. The third-order valence-corrected chi connectivity index (χ3v) is 2.87. The Bertz CT molecular complexity index is 311. The number of phenols is 1. The van der Waals surface area contributed by atoms with Crippen LogP contribution in [0, 0.1) is 0 Å². The van der Waals surface area contributed by atoms with Crippen molar-refractivity contribution in [2.75, 3.05) is 6.61 Å². The molecule has 0 saturated heterocycles. The van der Waals surface area contributed by atoms with Gasteiger partial charge >= 0.3 is 0 Å². The lowest BCUT2D eigenvalue weighted by Gasteiger charge is -2.23. The van der Waals surface area contributed by atoms with Gasteiger partial charge in [-0.1, -0.05) is 32.0 Å². The number of aliphatic hydroxyl groups is 1. The highest BCUT2D eigenvalue weighted by Crippen LogP contribution is 2.26. The summed E-state index contributed by atoms with van der Waals surface area (Å²) < 4.78 is 0. The fourth-order valence-corrected chi connectivity index (χ4v) is 1.79. The Balaban J connectivity index is 2.78. The Morgan fingerprint density at radius 2 is 1.88 bits per heavy atom. The molecule has 0 heterocycles. The molecule has 0 spiro atoms. The van der Waals surface area contributed by atoms with E-state index in [-0.39, 0.29) is 18.7 Å². The Morgan fingerprint density at radius 3 is 2.38 bits per heavy atom. The van der Waals surface area contributed by atoms with Gasteiger partial charge in [-0.25, -0.2) is 0 Å². The first-order valence-electron chi connectivity index (χ1n) is 5.87. The molecule has 1 aromatic carbocycles. The van der Waals surface area contributed by atoms with Crippen molar-refractivity contribution in [2.24, 2.45) is 0 Å². The summed E-state index contributed by atoms with van der Waals surface area (Å²) in [7, 11) is 0. The highest BCUT2D eigenvalue weighted by atomic mass is 16.3. The van der Waals surface area contributed by atoms with Crippen molar-refractivity contribution >= 4 is 0 Å². The van der Waals surface area contributed by atoms with Gasteiger partial charge in [0.15, 0.2) is 0 Å². The summed E-state index contributed by atoms with van der Waals surface area (Å²) in [6.45, 7) is 4.22. The maximum atomic E-state index is 9.77. The van der Waals surface area contributed by atoms with E-state index in [1.54, 1.807) is 6.07 Å². The van der Waals surface area contributed by atoms with Crippen LogP contribution in [0.5, 0.6) is 5.75 Å². The molecule has 90 valence electrons. The average molecular weight is 223 g/mol. The van der Waals surface area contributed by atoms with E-state index < -0.39 is 0 Å². The topological polar surface area (TPSA) is 52.5 Å². The molecule has 0 radical (unpaired) electrons. The Kier molecular flexibility index (Phi) is 5.29. The second kappa shape index (κ2) is 6.51. The molecule has 0 amide bonds. The Labute approximate surface area is 97.1 Å². The van der Waals surface area contributed by atoms with Gasteiger partial charge in [0.1, 0.15) is 5.75 Å². The van der Waals surface area contributed by atoms with Crippen LogP contribution in [0.3, 0.4) is 0 Å². The van der Waals surface area contributed by atoms with E-state index in [2.05, 4.69) is 12.2 Å². The van der Waals surface area contributed by atoms with Gasteiger partial charge < -0.3 is 15.5 Å². The van der Waals surface area contributed by atoms with Gasteiger partial charge in [-0.2, -0.15) is 0 Å².